The van der Waals surface area contributed by atoms with E-state index in [1.807, 2.05) is 18.2 Å². The van der Waals surface area contributed by atoms with E-state index in [4.69, 9.17) is 27.9 Å². The van der Waals surface area contributed by atoms with Gasteiger partial charge in [0.25, 0.3) is 0 Å². The molecule has 1 heterocycles. The van der Waals surface area contributed by atoms with Crippen molar-refractivity contribution in [2.75, 3.05) is 26.7 Å². The smallest absolute Gasteiger partial charge is 0.0674 e. The van der Waals surface area contributed by atoms with Crippen molar-refractivity contribution in [3.05, 3.63) is 33.8 Å². The van der Waals surface area contributed by atoms with Crippen molar-refractivity contribution >= 4 is 23.2 Å². The van der Waals surface area contributed by atoms with Gasteiger partial charge in [0.2, 0.25) is 0 Å². The summed E-state index contributed by atoms with van der Waals surface area (Å²) in [5.41, 5.74) is 5.70. The Balaban J connectivity index is 0.000000771. The summed E-state index contributed by atoms with van der Waals surface area (Å²) < 4.78 is 5.50. The van der Waals surface area contributed by atoms with Gasteiger partial charge in [-0.3, -0.25) is 4.90 Å². The van der Waals surface area contributed by atoms with Crippen molar-refractivity contribution in [1.29, 1.82) is 0 Å². The van der Waals surface area contributed by atoms with Crippen molar-refractivity contribution in [3.8, 4) is 0 Å². The van der Waals surface area contributed by atoms with Crippen molar-refractivity contribution in [3.63, 3.8) is 0 Å². The van der Waals surface area contributed by atoms with Crippen LogP contribution >= 0.6 is 23.2 Å². The molecule has 1 saturated heterocycles. The summed E-state index contributed by atoms with van der Waals surface area (Å²) in [5.74, 6) is 0. The van der Waals surface area contributed by atoms with Crippen LogP contribution in [0.4, 0.5) is 0 Å². The van der Waals surface area contributed by atoms with Crippen LogP contribution in [-0.4, -0.2) is 37.7 Å². The minimum absolute atomic E-state index is 0.316. The van der Waals surface area contributed by atoms with Gasteiger partial charge >= 0.3 is 0 Å². The number of morpholine rings is 1. The quantitative estimate of drug-likeness (QED) is 0.910. The molecule has 0 spiro atoms. The van der Waals surface area contributed by atoms with Gasteiger partial charge < -0.3 is 10.5 Å². The second-order valence-corrected chi connectivity index (χ2v) is 4.98. The summed E-state index contributed by atoms with van der Waals surface area (Å²) in [6, 6.07) is 5.81. The van der Waals surface area contributed by atoms with Crippen molar-refractivity contribution in [2.45, 2.75) is 19.6 Å². The van der Waals surface area contributed by atoms with Crippen molar-refractivity contribution in [2.24, 2.45) is 5.73 Å². The maximum absolute atomic E-state index is 5.99. The minimum Gasteiger partial charge on any atom is -0.376 e. The molecule has 1 aliphatic rings. The van der Waals surface area contributed by atoms with Crippen LogP contribution in [0.5, 0.6) is 0 Å². The van der Waals surface area contributed by atoms with Crippen LogP contribution in [-0.2, 0) is 11.3 Å². The monoisotopic (exact) mass is 290 g/mol. The summed E-state index contributed by atoms with van der Waals surface area (Å²) in [7, 11) is 1.50. The highest BCUT2D eigenvalue weighted by molar-refractivity contribution is 6.42. The van der Waals surface area contributed by atoms with E-state index in [0.717, 1.165) is 26.2 Å². The molecule has 0 radical (unpaired) electrons. The van der Waals surface area contributed by atoms with Gasteiger partial charge in [-0.15, -0.1) is 0 Å². The number of nitrogens with zero attached hydrogens (tertiary/aromatic N) is 1. The largest absolute Gasteiger partial charge is 0.376 e. The molecule has 5 heteroatoms. The number of rotatable bonds is 2. The molecular weight excluding hydrogens is 271 g/mol. The predicted octanol–water partition coefficient (Wildman–Crippen LogP) is 2.79. The molecule has 3 nitrogen and oxygen atoms in total. The number of ether oxygens (including phenoxy) is 1. The Morgan fingerprint density at radius 3 is 2.67 bits per heavy atom. The summed E-state index contributed by atoms with van der Waals surface area (Å²) in [6.07, 6.45) is 0.316. The molecule has 1 aliphatic heterocycles. The third-order valence-corrected chi connectivity index (χ3v) is 3.45. The Kier molecular flexibility index (Phi) is 6.97. The number of halogens is 2. The molecule has 1 unspecified atom stereocenters. The maximum Gasteiger partial charge on any atom is 0.0674 e. The Hall–Kier alpha value is -0.320. The van der Waals surface area contributed by atoms with E-state index in [1.54, 1.807) is 0 Å². The normalized spacial score (nSPS) is 20.2. The minimum atomic E-state index is 0.316. The summed E-state index contributed by atoms with van der Waals surface area (Å²) >= 11 is 11.9. The fraction of sp³-hybridized carbons (Fsp3) is 0.538. The molecule has 18 heavy (non-hydrogen) atoms. The van der Waals surface area contributed by atoms with Crippen LogP contribution in [0.2, 0.25) is 10.0 Å². The topological polar surface area (TPSA) is 38.5 Å². The van der Waals surface area contributed by atoms with E-state index in [9.17, 15) is 0 Å². The molecular formula is C13H20Cl2N2O. The van der Waals surface area contributed by atoms with E-state index < -0.39 is 0 Å². The average molecular weight is 291 g/mol. The van der Waals surface area contributed by atoms with Crippen molar-refractivity contribution in [1.82, 2.24) is 4.90 Å². The van der Waals surface area contributed by atoms with Gasteiger partial charge in [0.05, 0.1) is 22.8 Å². The van der Waals surface area contributed by atoms with E-state index in [0.29, 0.717) is 16.1 Å². The molecule has 102 valence electrons. The molecule has 1 aromatic rings. The van der Waals surface area contributed by atoms with Gasteiger partial charge in [-0.05, 0) is 31.7 Å². The number of benzene rings is 1. The molecule has 1 fully saturated rings. The summed E-state index contributed by atoms with van der Waals surface area (Å²) in [4.78, 5) is 2.37. The van der Waals surface area contributed by atoms with E-state index in [2.05, 4.69) is 17.6 Å². The summed E-state index contributed by atoms with van der Waals surface area (Å²) in [5, 5.41) is 1.24. The second kappa shape index (κ2) is 7.97. The zero-order valence-corrected chi connectivity index (χ0v) is 12.3. The Labute approximate surface area is 119 Å². The molecule has 2 N–H and O–H groups in total. The molecule has 2 rings (SSSR count). The zero-order chi connectivity index (χ0) is 13.5. The van der Waals surface area contributed by atoms with Crippen LogP contribution in [0.3, 0.4) is 0 Å². The fourth-order valence-corrected chi connectivity index (χ4v) is 2.25. The van der Waals surface area contributed by atoms with Crippen LogP contribution in [0.25, 0.3) is 0 Å². The maximum atomic E-state index is 5.99. The van der Waals surface area contributed by atoms with Gasteiger partial charge in [0, 0.05) is 19.6 Å². The third kappa shape index (κ3) is 4.75. The highest BCUT2D eigenvalue weighted by Gasteiger charge is 2.16. The van der Waals surface area contributed by atoms with E-state index >= 15 is 0 Å². The first-order chi connectivity index (χ1) is 8.65. The Bertz CT molecular complexity index is 374. The van der Waals surface area contributed by atoms with Gasteiger partial charge in [0.1, 0.15) is 0 Å². The lowest BCUT2D eigenvalue weighted by molar-refractivity contribution is -0.0212. The molecule has 0 aromatic heterocycles. The van der Waals surface area contributed by atoms with Gasteiger partial charge in [-0.1, -0.05) is 29.3 Å². The SMILES string of the molecule is CC1CN(Cc2ccc(Cl)c(Cl)c2)CCO1.CN. The predicted molar refractivity (Wildman–Crippen MR) is 77.3 cm³/mol. The van der Waals surface area contributed by atoms with Gasteiger partial charge in [0.15, 0.2) is 0 Å². The van der Waals surface area contributed by atoms with Gasteiger partial charge in [-0.2, -0.15) is 0 Å². The first kappa shape index (κ1) is 15.7. The third-order valence-electron chi connectivity index (χ3n) is 2.72. The molecule has 0 bridgehead atoms. The molecule has 1 atom stereocenters. The van der Waals surface area contributed by atoms with Gasteiger partial charge in [-0.25, -0.2) is 0 Å². The van der Waals surface area contributed by atoms with E-state index in [1.165, 1.54) is 12.6 Å². The van der Waals surface area contributed by atoms with E-state index in [-0.39, 0.29) is 0 Å². The number of hydrogen-bond acceptors (Lipinski definition) is 3. The summed E-state index contributed by atoms with van der Waals surface area (Å²) in [6.45, 7) is 5.76. The lowest BCUT2D eigenvalue weighted by Crippen LogP contribution is -2.40. The van der Waals surface area contributed by atoms with Crippen LogP contribution < -0.4 is 5.73 Å². The highest BCUT2D eigenvalue weighted by Crippen LogP contribution is 2.23. The second-order valence-electron chi connectivity index (χ2n) is 4.16. The van der Waals surface area contributed by atoms with Crippen molar-refractivity contribution < 1.29 is 4.74 Å². The molecule has 0 saturated carbocycles. The number of hydrogen-bond donors (Lipinski definition) is 1. The average Bonchev–Trinajstić information content (AvgIpc) is 2.36. The highest BCUT2D eigenvalue weighted by atomic mass is 35.5. The fourth-order valence-electron chi connectivity index (χ4n) is 1.93. The molecule has 0 amide bonds. The number of nitrogens with two attached hydrogens (primary N) is 1. The molecule has 1 aromatic carbocycles. The van der Waals surface area contributed by atoms with Crippen LogP contribution in [0.1, 0.15) is 12.5 Å². The Morgan fingerprint density at radius 1 is 1.33 bits per heavy atom. The standard InChI is InChI=1S/C12H15Cl2NO.CH5N/c1-9-7-15(4-5-16-9)8-10-2-3-11(13)12(14)6-10;1-2/h2-3,6,9H,4-5,7-8H2,1H3;2H2,1H3. The molecule has 0 aliphatic carbocycles. The first-order valence-corrected chi connectivity index (χ1v) is 6.76. The van der Waals surface area contributed by atoms with Crippen LogP contribution in [0.15, 0.2) is 18.2 Å². The lowest BCUT2D eigenvalue weighted by atomic mass is 10.2. The zero-order valence-electron chi connectivity index (χ0n) is 10.8. The van der Waals surface area contributed by atoms with Crippen LogP contribution in [0, 0.1) is 0 Å². The Morgan fingerprint density at radius 2 is 2.06 bits per heavy atom. The first-order valence-electron chi connectivity index (χ1n) is 6.01. The lowest BCUT2D eigenvalue weighted by Gasteiger charge is -2.31.